The molecule has 400 valence electrons. The van der Waals surface area contributed by atoms with Crippen molar-refractivity contribution in [1.82, 2.24) is 37.0 Å². The van der Waals surface area contributed by atoms with Gasteiger partial charge in [-0.3, -0.25) is 24.0 Å². The molecule has 1 saturated heterocycles. The van der Waals surface area contributed by atoms with Gasteiger partial charge in [0.05, 0.1) is 0 Å². The molecule has 0 saturated carbocycles. The number of carbonyl (C=O) groups excluding carboxylic acids is 7. The summed E-state index contributed by atoms with van der Waals surface area (Å²) >= 11 is 0. The SMILES string of the molecule is C[C@H](NC(=O)C1(NC(=O)C2(NC(=O)OC(C)(C)C)Cc3ccc4ccccc4c3-c3c(ccc4ccccc34)C2)CC(C)(C)N([O-])C(C)(C)C1)C(=O)NC(C)(C)C(=O)NC(C)(C)C(=O)N[C@@H](C)C(=O)OC(C)(C)C. The summed E-state index contributed by atoms with van der Waals surface area (Å²) in [7, 11) is 0. The van der Waals surface area contributed by atoms with Crippen molar-refractivity contribution in [3.05, 3.63) is 89.1 Å². The number of rotatable bonds is 12. The fourth-order valence-corrected chi connectivity index (χ4v) is 10.4. The highest BCUT2D eigenvalue weighted by Gasteiger charge is 2.57. The minimum atomic E-state index is -1.87. The molecule has 6 N–H and O–H groups in total. The minimum Gasteiger partial charge on any atom is -0.784 e. The number of fused-ring (bicyclic) bond motifs is 7. The molecular weight excluding hydrogens is 943 g/mol. The molecule has 0 aromatic heterocycles. The van der Waals surface area contributed by atoms with Crippen LogP contribution in [0.4, 0.5) is 4.79 Å². The Morgan fingerprint density at radius 1 is 0.554 bits per heavy atom. The van der Waals surface area contributed by atoms with Crippen molar-refractivity contribution < 1.29 is 43.0 Å². The van der Waals surface area contributed by atoms with E-state index in [1.54, 1.807) is 69.2 Å². The van der Waals surface area contributed by atoms with Crippen molar-refractivity contribution in [1.29, 1.82) is 0 Å². The fourth-order valence-electron chi connectivity index (χ4n) is 10.4. The Kier molecular flexibility index (Phi) is 15.3. The third-order valence-electron chi connectivity index (χ3n) is 13.6. The summed E-state index contributed by atoms with van der Waals surface area (Å²) in [6.07, 6.45) is -1.33. The molecule has 0 unspecified atom stereocenters. The Morgan fingerprint density at radius 3 is 1.49 bits per heavy atom. The van der Waals surface area contributed by atoms with Crippen LogP contribution in [0.15, 0.2) is 72.8 Å². The van der Waals surface area contributed by atoms with E-state index in [0.717, 1.165) is 48.9 Å². The molecular formula is C57H76N7O10-. The average Bonchev–Trinajstić information content (AvgIpc) is 3.41. The van der Waals surface area contributed by atoms with E-state index in [-0.39, 0.29) is 25.7 Å². The first-order chi connectivity index (χ1) is 33.9. The topological polar surface area (TPSA) is 236 Å². The van der Waals surface area contributed by atoms with E-state index >= 15 is 9.59 Å². The van der Waals surface area contributed by atoms with Gasteiger partial charge in [-0.15, -0.1) is 0 Å². The van der Waals surface area contributed by atoms with Crippen LogP contribution < -0.4 is 31.9 Å². The van der Waals surface area contributed by atoms with Gasteiger partial charge in [0.2, 0.25) is 29.5 Å². The van der Waals surface area contributed by atoms with Crippen molar-refractivity contribution in [2.75, 3.05) is 0 Å². The van der Waals surface area contributed by atoms with Gasteiger partial charge in [0, 0.05) is 23.9 Å². The van der Waals surface area contributed by atoms with Crippen LogP contribution in [0.5, 0.6) is 0 Å². The molecule has 6 rings (SSSR count). The fraction of sp³-hybridized carbons (Fsp3) is 0.526. The molecule has 17 nitrogen and oxygen atoms in total. The van der Waals surface area contributed by atoms with Crippen LogP contribution in [-0.2, 0) is 51.1 Å². The van der Waals surface area contributed by atoms with Gasteiger partial charge < -0.3 is 51.6 Å². The first kappa shape index (κ1) is 56.7. The molecule has 74 heavy (non-hydrogen) atoms. The molecule has 0 spiro atoms. The Balaban J connectivity index is 1.35. The molecule has 4 aromatic carbocycles. The first-order valence-electron chi connectivity index (χ1n) is 25.2. The van der Waals surface area contributed by atoms with Gasteiger partial charge in [0.15, 0.2) is 0 Å². The van der Waals surface area contributed by atoms with Gasteiger partial charge in [-0.1, -0.05) is 72.8 Å². The smallest absolute Gasteiger partial charge is 0.408 e. The molecule has 1 fully saturated rings. The lowest BCUT2D eigenvalue weighted by atomic mass is 9.69. The lowest BCUT2D eigenvalue weighted by Gasteiger charge is -2.63. The second kappa shape index (κ2) is 19.9. The van der Waals surface area contributed by atoms with Gasteiger partial charge in [0.25, 0.3) is 0 Å². The summed E-state index contributed by atoms with van der Waals surface area (Å²) in [6, 6.07) is 21.5. The molecule has 4 aromatic rings. The van der Waals surface area contributed by atoms with E-state index in [1.165, 1.54) is 41.5 Å². The first-order valence-corrected chi connectivity index (χ1v) is 25.2. The van der Waals surface area contributed by atoms with Crippen molar-refractivity contribution in [3.8, 4) is 11.1 Å². The number of alkyl carbamates (subject to hydrolysis) is 1. The maximum Gasteiger partial charge on any atom is 0.408 e. The van der Waals surface area contributed by atoms with Gasteiger partial charge in [-0.2, -0.15) is 0 Å². The van der Waals surface area contributed by atoms with Gasteiger partial charge >= 0.3 is 12.1 Å². The minimum absolute atomic E-state index is 0.0311. The summed E-state index contributed by atoms with van der Waals surface area (Å²) in [5.74, 6) is -4.37. The van der Waals surface area contributed by atoms with Crippen LogP contribution in [0.25, 0.3) is 32.7 Å². The van der Waals surface area contributed by atoms with Crippen molar-refractivity contribution in [3.63, 3.8) is 0 Å². The van der Waals surface area contributed by atoms with E-state index in [4.69, 9.17) is 9.47 Å². The normalized spacial score (nSPS) is 18.0. The molecule has 2 aliphatic rings. The molecule has 17 heteroatoms. The summed E-state index contributed by atoms with van der Waals surface area (Å²) in [5.41, 5.74) is -7.82. The third kappa shape index (κ3) is 12.2. The number of hydrogen-bond donors (Lipinski definition) is 6. The van der Waals surface area contributed by atoms with Gasteiger partial charge in [-0.05, 0) is 167 Å². The predicted octanol–water partition coefficient (Wildman–Crippen LogP) is 7.17. The Labute approximate surface area is 435 Å². The quantitative estimate of drug-likeness (QED) is 0.0779. The largest absolute Gasteiger partial charge is 0.784 e. The Hall–Kier alpha value is -6.59. The zero-order valence-electron chi connectivity index (χ0n) is 45.9. The second-order valence-corrected chi connectivity index (χ2v) is 24.6. The van der Waals surface area contributed by atoms with Crippen LogP contribution in [-0.4, -0.2) is 103 Å². The lowest BCUT2D eigenvalue weighted by molar-refractivity contribution is -0.158. The van der Waals surface area contributed by atoms with E-state index in [0.29, 0.717) is 0 Å². The van der Waals surface area contributed by atoms with Crippen LogP contribution in [0.1, 0.15) is 135 Å². The zero-order chi connectivity index (χ0) is 55.4. The van der Waals surface area contributed by atoms with Crippen LogP contribution in [0, 0.1) is 5.21 Å². The number of amides is 6. The van der Waals surface area contributed by atoms with E-state index < -0.39 is 98.1 Å². The number of benzene rings is 4. The van der Waals surface area contributed by atoms with E-state index in [9.17, 15) is 29.2 Å². The number of nitrogens with zero attached hydrogens (tertiary/aromatic N) is 1. The highest BCUT2D eigenvalue weighted by atomic mass is 16.6. The number of carbonyl (C=O) groups is 7. The predicted molar refractivity (Wildman–Crippen MR) is 285 cm³/mol. The number of esters is 1. The van der Waals surface area contributed by atoms with Crippen molar-refractivity contribution in [2.45, 2.75) is 193 Å². The standard InChI is InChI=1S/C57H76N7O10/c1-33(43(65)60-55(15,16)46(68)61-54(13,14)45(67)59-34(2)44(66)73-50(3,4)5)58-47(69)57(31-52(9,10)64(72)53(11,12)32-57)62-48(70)56(63-49(71)74-51(6,7)8)29-37-27-25-35-21-17-19-23-39(35)41(37)42-38(30-56)28-26-36-22-18-20-24-40(36)42/h17-28,33-34H,29-32H2,1-16H3,(H,58,69)(H,59,67)(H,60,65)(H,61,68)(H,62,70)(H,63,71)/q-1/t33-,34-/m0/s1. The molecule has 1 aliphatic heterocycles. The van der Waals surface area contributed by atoms with Crippen LogP contribution in [0.2, 0.25) is 0 Å². The highest BCUT2D eigenvalue weighted by molar-refractivity contribution is 6.09. The zero-order valence-corrected chi connectivity index (χ0v) is 45.9. The van der Waals surface area contributed by atoms with Gasteiger partial charge in [-0.25, -0.2) is 9.59 Å². The molecule has 1 aliphatic carbocycles. The average molecular weight is 1020 g/mol. The Bertz CT molecular complexity index is 2790. The summed E-state index contributed by atoms with van der Waals surface area (Å²) < 4.78 is 11.2. The van der Waals surface area contributed by atoms with Crippen LogP contribution in [0.3, 0.4) is 0 Å². The second-order valence-electron chi connectivity index (χ2n) is 24.6. The number of piperidine rings is 1. The Morgan fingerprint density at radius 2 is 1.01 bits per heavy atom. The lowest BCUT2D eigenvalue weighted by Crippen LogP contribution is -2.75. The maximum absolute atomic E-state index is 16.0. The van der Waals surface area contributed by atoms with E-state index in [2.05, 4.69) is 31.9 Å². The summed E-state index contributed by atoms with van der Waals surface area (Å²) in [6.45, 7) is 25.6. The third-order valence-corrected chi connectivity index (χ3v) is 13.6. The monoisotopic (exact) mass is 1020 g/mol. The molecule has 6 amide bonds. The number of hydroxylamine groups is 2. The van der Waals surface area contributed by atoms with Crippen molar-refractivity contribution >= 4 is 63.1 Å². The molecule has 0 radical (unpaired) electrons. The number of hydrogen-bond acceptors (Lipinski definition) is 11. The molecule has 0 bridgehead atoms. The molecule has 1 heterocycles. The number of ether oxygens (including phenoxy) is 2. The van der Waals surface area contributed by atoms with Gasteiger partial charge in [0.1, 0.15) is 45.4 Å². The summed E-state index contributed by atoms with van der Waals surface area (Å²) in [4.78, 5) is 99.3. The van der Waals surface area contributed by atoms with E-state index in [1.807, 2.05) is 72.8 Å². The summed E-state index contributed by atoms with van der Waals surface area (Å²) in [5, 5.41) is 35.6. The van der Waals surface area contributed by atoms with Crippen molar-refractivity contribution in [2.24, 2.45) is 0 Å². The highest BCUT2D eigenvalue weighted by Crippen LogP contribution is 2.46. The number of nitrogens with one attached hydrogen (secondary N) is 6. The molecule has 2 atom stereocenters. The maximum atomic E-state index is 16.0. The van der Waals surface area contributed by atoms with Crippen LogP contribution >= 0.6 is 0 Å².